The molecule has 0 unspecified atom stereocenters. The van der Waals surface area contributed by atoms with Gasteiger partial charge in [0, 0.05) is 0 Å². The maximum Gasteiger partial charge on any atom is 0.326 e. The highest BCUT2D eigenvalue weighted by atomic mass is 32.1. The molecule has 10 heteroatoms. The first-order valence-corrected chi connectivity index (χ1v) is 11.4. The molecule has 1 atom stereocenters. The van der Waals surface area contributed by atoms with Crippen LogP contribution in [0, 0.1) is 23.4 Å². The number of fused-ring (bicyclic) bond motifs is 1. The van der Waals surface area contributed by atoms with E-state index in [1.54, 1.807) is 19.9 Å². The Kier molecular flexibility index (Phi) is 7.99. The van der Waals surface area contributed by atoms with E-state index in [1.807, 2.05) is 0 Å². The van der Waals surface area contributed by atoms with Crippen LogP contribution in [0.4, 0.5) is 24.0 Å². The molecular weight excluding hydrogens is 491 g/mol. The monoisotopic (exact) mass is 515 g/mol. The number of hydrogen-bond acceptors (Lipinski definition) is 5. The van der Waals surface area contributed by atoms with Crippen LogP contribution in [0.5, 0.6) is 0 Å². The fourth-order valence-corrected chi connectivity index (χ4v) is 4.38. The van der Waals surface area contributed by atoms with E-state index in [2.05, 4.69) is 15.6 Å². The molecule has 0 aliphatic heterocycles. The Bertz CT molecular complexity index is 1440. The number of nitrogens with zero attached hydrogens (tertiary/aromatic N) is 1. The van der Waals surface area contributed by atoms with Crippen LogP contribution >= 0.6 is 11.3 Å². The number of carboxylic acids is 1. The van der Waals surface area contributed by atoms with Crippen molar-refractivity contribution in [2.24, 2.45) is 5.92 Å². The molecule has 1 aromatic heterocycles. The lowest BCUT2D eigenvalue weighted by molar-refractivity contribution is -0.140. The Morgan fingerprint density at radius 2 is 1.61 bits per heavy atom. The zero-order valence-electron chi connectivity index (χ0n) is 18.6. The summed E-state index contributed by atoms with van der Waals surface area (Å²) >= 11 is 1.18. The van der Waals surface area contributed by atoms with Gasteiger partial charge >= 0.3 is 5.97 Å². The minimum Gasteiger partial charge on any atom is -0.480 e. The van der Waals surface area contributed by atoms with Crippen molar-refractivity contribution >= 4 is 44.2 Å². The van der Waals surface area contributed by atoms with Crippen LogP contribution in [0.25, 0.3) is 21.3 Å². The lowest BCUT2D eigenvalue weighted by Crippen LogP contribution is -2.44. The van der Waals surface area contributed by atoms with Crippen molar-refractivity contribution in [3.8, 4) is 11.1 Å². The van der Waals surface area contributed by atoms with Crippen molar-refractivity contribution in [3.63, 3.8) is 0 Å². The number of carbonyl (C=O) groups excluding carboxylic acids is 1. The van der Waals surface area contributed by atoms with E-state index in [1.165, 1.54) is 53.8 Å². The Balaban J connectivity index is 0.00000361. The van der Waals surface area contributed by atoms with Crippen molar-refractivity contribution in [2.45, 2.75) is 27.3 Å². The number of hydrogen-bond donors (Lipinski definition) is 3. The summed E-state index contributed by atoms with van der Waals surface area (Å²) in [5, 5.41) is 14.8. The lowest BCUT2D eigenvalue weighted by atomic mass is 10.0. The number of nitrogens with one attached hydrogen (secondary N) is 2. The van der Waals surface area contributed by atoms with Crippen LogP contribution in [-0.2, 0) is 4.79 Å². The molecule has 0 aliphatic carbocycles. The molecule has 0 spiro atoms. The molecule has 0 saturated carbocycles. The number of anilines is 2. The summed E-state index contributed by atoms with van der Waals surface area (Å²) in [6.07, 6.45) is 0. The van der Waals surface area contributed by atoms with Crippen LogP contribution in [0.3, 0.4) is 0 Å². The minimum atomic E-state index is -1.22. The van der Waals surface area contributed by atoms with E-state index in [9.17, 15) is 27.9 Å². The van der Waals surface area contributed by atoms with Crippen molar-refractivity contribution in [1.82, 2.24) is 10.3 Å². The van der Waals surface area contributed by atoms with Crippen LogP contribution in [-0.4, -0.2) is 28.0 Å². The average Bonchev–Trinajstić information content (AvgIpc) is 3.19. The predicted octanol–water partition coefficient (Wildman–Crippen LogP) is 6.60. The smallest absolute Gasteiger partial charge is 0.326 e. The Labute approximate surface area is 209 Å². The Morgan fingerprint density at radius 3 is 2.22 bits per heavy atom. The Morgan fingerprint density at radius 1 is 0.944 bits per heavy atom. The molecular formula is C26H24F3N3O3S. The number of carboxylic acid groups (broad SMARTS) is 1. The topological polar surface area (TPSA) is 91.3 Å². The summed E-state index contributed by atoms with van der Waals surface area (Å²) in [5.41, 5.74) is 1.11. The van der Waals surface area contributed by atoms with E-state index >= 15 is 0 Å². The van der Waals surface area contributed by atoms with Crippen molar-refractivity contribution in [3.05, 3.63) is 77.6 Å². The second kappa shape index (κ2) is 10.8. The van der Waals surface area contributed by atoms with E-state index in [-0.39, 0.29) is 24.5 Å². The first-order chi connectivity index (χ1) is 16.6. The summed E-state index contributed by atoms with van der Waals surface area (Å²) < 4.78 is 43.5. The van der Waals surface area contributed by atoms with Crippen LogP contribution in [0.1, 0.15) is 31.6 Å². The standard InChI is InChI=1S/C25H20F3N3O3S.CH4/c1-12(2)22(24(33)34)31-23(32)16-6-3-13(9-17(16)27)14-4-7-19(18(28)10-14)29-25-30-20-8-5-15(26)11-21(20)35-25;/h3-12,22H,1-2H3,(H,29,30)(H,31,32)(H,33,34);1H4/t22-;/m0./s1. The summed E-state index contributed by atoms with van der Waals surface area (Å²) in [6, 6.07) is 11.0. The van der Waals surface area contributed by atoms with Gasteiger partial charge in [0.25, 0.3) is 5.91 Å². The van der Waals surface area contributed by atoms with Gasteiger partial charge < -0.3 is 15.7 Å². The lowest BCUT2D eigenvalue weighted by Gasteiger charge is -2.18. The SMILES string of the molecule is C.CC(C)[C@H](NC(=O)c1ccc(-c2ccc(Nc3nc4ccc(F)cc4s3)c(F)c2)cc1F)C(=O)O. The van der Waals surface area contributed by atoms with Gasteiger partial charge in [0.2, 0.25) is 0 Å². The Hall–Kier alpha value is -3.92. The third-order valence-corrected chi connectivity index (χ3v) is 6.26. The van der Waals surface area contributed by atoms with E-state index < -0.39 is 35.5 Å². The van der Waals surface area contributed by atoms with Gasteiger partial charge in [0.1, 0.15) is 23.5 Å². The highest BCUT2D eigenvalue weighted by Gasteiger charge is 2.25. The van der Waals surface area contributed by atoms with Gasteiger partial charge in [-0.2, -0.15) is 0 Å². The fraction of sp³-hybridized carbons (Fsp3) is 0.192. The quantitative estimate of drug-likeness (QED) is 0.258. The fourth-order valence-electron chi connectivity index (χ4n) is 3.47. The number of thiazole rings is 1. The zero-order valence-corrected chi connectivity index (χ0v) is 19.4. The van der Waals surface area contributed by atoms with Crippen molar-refractivity contribution in [2.75, 3.05) is 5.32 Å². The molecule has 0 fully saturated rings. The van der Waals surface area contributed by atoms with E-state index in [0.29, 0.717) is 26.5 Å². The second-order valence-electron chi connectivity index (χ2n) is 8.18. The third kappa shape index (κ3) is 5.65. The largest absolute Gasteiger partial charge is 0.480 e. The van der Waals surface area contributed by atoms with Gasteiger partial charge in [-0.3, -0.25) is 4.79 Å². The molecule has 0 bridgehead atoms. The molecule has 4 aromatic rings. The molecule has 0 saturated heterocycles. The second-order valence-corrected chi connectivity index (χ2v) is 9.21. The molecule has 36 heavy (non-hydrogen) atoms. The number of amides is 1. The summed E-state index contributed by atoms with van der Waals surface area (Å²) in [6.45, 7) is 3.25. The molecule has 4 rings (SSSR count). The number of halogens is 3. The highest BCUT2D eigenvalue weighted by molar-refractivity contribution is 7.22. The van der Waals surface area contributed by atoms with E-state index in [4.69, 9.17) is 0 Å². The average molecular weight is 516 g/mol. The molecule has 3 aromatic carbocycles. The summed E-state index contributed by atoms with van der Waals surface area (Å²) in [7, 11) is 0. The number of aromatic nitrogens is 1. The van der Waals surface area contributed by atoms with Gasteiger partial charge in [0.15, 0.2) is 5.13 Å². The maximum atomic E-state index is 14.8. The van der Waals surface area contributed by atoms with Crippen molar-refractivity contribution < 1.29 is 27.9 Å². The first-order valence-electron chi connectivity index (χ1n) is 10.6. The molecule has 188 valence electrons. The normalized spacial score (nSPS) is 11.7. The molecule has 3 N–H and O–H groups in total. The van der Waals surface area contributed by atoms with Gasteiger partial charge in [-0.05, 0) is 59.5 Å². The van der Waals surface area contributed by atoms with E-state index in [0.717, 1.165) is 6.07 Å². The molecule has 0 aliphatic rings. The van der Waals surface area contributed by atoms with Gasteiger partial charge in [0.05, 0.1) is 21.5 Å². The van der Waals surface area contributed by atoms with Crippen LogP contribution < -0.4 is 10.6 Å². The molecule has 1 heterocycles. The highest BCUT2D eigenvalue weighted by Crippen LogP contribution is 2.31. The van der Waals surface area contributed by atoms with Crippen LogP contribution in [0.15, 0.2) is 54.6 Å². The summed E-state index contributed by atoms with van der Waals surface area (Å²) in [5.74, 6) is -4.32. The van der Waals surface area contributed by atoms with Gasteiger partial charge in [-0.25, -0.2) is 22.9 Å². The number of aliphatic carboxylic acids is 1. The zero-order chi connectivity index (χ0) is 25.3. The molecule has 6 nitrogen and oxygen atoms in total. The van der Waals surface area contributed by atoms with Crippen molar-refractivity contribution in [1.29, 1.82) is 0 Å². The minimum absolute atomic E-state index is 0. The van der Waals surface area contributed by atoms with Crippen LogP contribution in [0.2, 0.25) is 0 Å². The predicted molar refractivity (Wildman–Crippen MR) is 135 cm³/mol. The number of rotatable bonds is 7. The maximum absolute atomic E-state index is 14.8. The summed E-state index contributed by atoms with van der Waals surface area (Å²) in [4.78, 5) is 28.0. The third-order valence-electron chi connectivity index (χ3n) is 5.33. The van der Waals surface area contributed by atoms with Gasteiger partial charge in [-0.1, -0.05) is 44.7 Å². The molecule has 1 amide bonds. The molecule has 0 radical (unpaired) electrons. The first kappa shape index (κ1) is 26.7. The number of carbonyl (C=O) groups is 2. The van der Waals surface area contributed by atoms with Gasteiger partial charge in [-0.15, -0.1) is 0 Å². The number of benzene rings is 3.